The molecule has 8 aromatic rings. The summed E-state index contributed by atoms with van der Waals surface area (Å²) in [4.78, 5) is 62.8. The second kappa shape index (κ2) is 20.7. The van der Waals surface area contributed by atoms with E-state index in [1.54, 1.807) is 43.2 Å². The fraction of sp³-hybridized carbons (Fsp3) is 0.267. The zero-order chi connectivity index (χ0) is 51.0. The molecule has 6 aromatic carbocycles. The van der Waals surface area contributed by atoms with E-state index in [-0.39, 0.29) is 57.4 Å². The monoisotopic (exact) mass is 1020 g/mol. The van der Waals surface area contributed by atoms with E-state index in [2.05, 4.69) is 0 Å². The lowest BCUT2D eigenvalue weighted by Gasteiger charge is -2.45. The number of para-hydroxylation sites is 1. The predicted molar refractivity (Wildman–Crippen MR) is 282 cm³/mol. The number of aromatic nitrogens is 2. The molecule has 0 bridgehead atoms. The van der Waals surface area contributed by atoms with Gasteiger partial charge in [0.25, 0.3) is 5.91 Å². The SMILES string of the molecule is CC(c1ccccc1)N(Cc1ccccc1)C(=O)c1c(F)ccc2c1c1c(n2C(C(=O)O)C2(C(=O)N(CCc3c(Cl)cccc3Cl)Cc3ccccc3)CCc3c(c4ccccc4n3CC(=O)O)C2)CCCC1. The van der Waals surface area contributed by atoms with Crippen molar-refractivity contribution in [3.63, 3.8) is 0 Å². The quantitative estimate of drug-likeness (QED) is 0.0993. The number of hydrogen-bond acceptors (Lipinski definition) is 4. The van der Waals surface area contributed by atoms with E-state index < -0.39 is 47.1 Å². The second-order valence-electron chi connectivity index (χ2n) is 19.5. The molecule has 2 amide bonds. The number of carbonyl (C=O) groups is 4. The minimum Gasteiger partial charge on any atom is -0.480 e. The number of carboxylic acid groups (broad SMARTS) is 2. The summed E-state index contributed by atoms with van der Waals surface area (Å²) in [5, 5.41) is 24.3. The molecule has 73 heavy (non-hydrogen) atoms. The van der Waals surface area contributed by atoms with Crippen molar-refractivity contribution >= 4 is 68.8 Å². The molecule has 0 fully saturated rings. The first-order chi connectivity index (χ1) is 35.4. The summed E-state index contributed by atoms with van der Waals surface area (Å²) in [5.41, 5.74) is 5.17. The van der Waals surface area contributed by atoms with Crippen LogP contribution in [0.25, 0.3) is 21.8 Å². The minimum absolute atomic E-state index is 0.0325. The van der Waals surface area contributed by atoms with Crippen molar-refractivity contribution in [2.75, 3.05) is 6.54 Å². The highest BCUT2D eigenvalue weighted by Crippen LogP contribution is 2.51. The van der Waals surface area contributed by atoms with Gasteiger partial charge in [-0.2, -0.15) is 0 Å². The average molecular weight is 1020 g/mol. The molecule has 0 spiro atoms. The lowest BCUT2D eigenvalue weighted by atomic mass is 9.66. The maximum atomic E-state index is 17.1. The van der Waals surface area contributed by atoms with Crippen LogP contribution in [0, 0.1) is 11.2 Å². The maximum Gasteiger partial charge on any atom is 0.327 e. The molecule has 10 rings (SSSR count). The number of nitrogens with zero attached hydrogens (tertiary/aromatic N) is 4. The van der Waals surface area contributed by atoms with Gasteiger partial charge in [-0.05, 0) is 122 Å². The van der Waals surface area contributed by atoms with Crippen LogP contribution in [-0.4, -0.2) is 59.4 Å². The van der Waals surface area contributed by atoms with Crippen LogP contribution in [0.15, 0.2) is 146 Å². The molecular weight excluding hydrogens is 963 g/mol. The number of carbonyl (C=O) groups excluding carboxylic acids is 2. The summed E-state index contributed by atoms with van der Waals surface area (Å²) < 4.78 is 20.7. The highest BCUT2D eigenvalue weighted by atomic mass is 35.5. The molecule has 2 aliphatic carbocycles. The molecule has 2 aliphatic rings. The molecule has 10 nitrogen and oxygen atoms in total. The standard InChI is InChI=1S/C60H55Cl2FN4O6/c1-38(41-20-9-4-10-21-41)65(36-40-18-7-3-8-19-40)57(70)55-48(63)28-29-52-54(55)44-23-12-14-27-51(44)67(52)56(58(71)72)60(32-30-50-45(34-60)42-22-11-13-26-49(42)66(50)37-53(68)69)59(73)64(35-39-16-5-2-6-17-39)33-31-43-46(61)24-15-25-47(43)62/h2-11,13,15-22,24-26,28-29,38,56H,12,14,23,27,30-37H2,1H3,(H,68,69)(H,71,72). The van der Waals surface area contributed by atoms with Crippen LogP contribution in [0.2, 0.25) is 10.0 Å². The van der Waals surface area contributed by atoms with Gasteiger partial charge in [-0.3, -0.25) is 14.4 Å². The first-order valence-corrected chi connectivity index (χ1v) is 25.7. The fourth-order valence-corrected chi connectivity index (χ4v) is 12.4. The number of benzene rings is 6. The fourth-order valence-electron chi connectivity index (χ4n) is 11.9. The van der Waals surface area contributed by atoms with Crippen LogP contribution >= 0.6 is 23.2 Å². The van der Waals surface area contributed by atoms with Crippen molar-refractivity contribution in [2.24, 2.45) is 5.41 Å². The number of fused-ring (bicyclic) bond motifs is 6. The topological polar surface area (TPSA) is 125 Å². The van der Waals surface area contributed by atoms with E-state index in [0.717, 1.165) is 34.2 Å². The summed E-state index contributed by atoms with van der Waals surface area (Å²) in [6.45, 7) is 2.05. The largest absolute Gasteiger partial charge is 0.480 e. The van der Waals surface area contributed by atoms with Crippen molar-refractivity contribution in [1.29, 1.82) is 0 Å². The zero-order valence-corrected chi connectivity index (χ0v) is 42.0. The van der Waals surface area contributed by atoms with Gasteiger partial charge in [0, 0.05) is 57.4 Å². The van der Waals surface area contributed by atoms with Crippen LogP contribution in [-0.2, 0) is 66.1 Å². The number of hydrogen-bond donors (Lipinski definition) is 2. The molecule has 2 N–H and O–H groups in total. The van der Waals surface area contributed by atoms with Gasteiger partial charge < -0.3 is 29.1 Å². The predicted octanol–water partition coefficient (Wildman–Crippen LogP) is 12.5. The normalized spacial score (nSPS) is 16.1. The molecule has 3 atom stereocenters. The number of halogens is 3. The Morgan fingerprint density at radius 2 is 1.33 bits per heavy atom. The Balaban J connectivity index is 1.19. The average Bonchev–Trinajstić information content (AvgIpc) is 3.88. The van der Waals surface area contributed by atoms with Gasteiger partial charge in [-0.25, -0.2) is 9.18 Å². The molecule has 0 radical (unpaired) electrons. The molecule has 0 saturated carbocycles. The van der Waals surface area contributed by atoms with E-state index in [1.165, 1.54) is 6.07 Å². The molecule has 13 heteroatoms. The summed E-state index contributed by atoms with van der Waals surface area (Å²) in [5.74, 6) is -3.96. The van der Waals surface area contributed by atoms with Crippen LogP contribution in [0.3, 0.4) is 0 Å². The number of aryl methyl sites for hydroxylation is 1. The summed E-state index contributed by atoms with van der Waals surface area (Å²) in [7, 11) is 0. The van der Waals surface area contributed by atoms with Gasteiger partial charge >= 0.3 is 11.9 Å². The van der Waals surface area contributed by atoms with Crippen LogP contribution in [0.1, 0.15) is 93.4 Å². The van der Waals surface area contributed by atoms with Crippen molar-refractivity contribution < 1.29 is 33.8 Å². The lowest BCUT2D eigenvalue weighted by Crippen LogP contribution is -2.54. The zero-order valence-electron chi connectivity index (χ0n) is 40.4. The minimum atomic E-state index is -1.72. The molecular formula is C60H55Cl2FN4O6. The Morgan fingerprint density at radius 1 is 0.699 bits per heavy atom. The van der Waals surface area contributed by atoms with Crippen LogP contribution < -0.4 is 0 Å². The van der Waals surface area contributed by atoms with Crippen LogP contribution in [0.4, 0.5) is 4.39 Å². The lowest BCUT2D eigenvalue weighted by molar-refractivity contribution is -0.158. The summed E-state index contributed by atoms with van der Waals surface area (Å²) in [6, 6.07) is 42.1. The Labute approximate surface area is 433 Å². The van der Waals surface area contributed by atoms with Gasteiger partial charge in [0.1, 0.15) is 18.4 Å². The smallest absolute Gasteiger partial charge is 0.327 e. The Hall–Kier alpha value is -7.21. The second-order valence-corrected chi connectivity index (χ2v) is 20.3. The number of carboxylic acids is 2. The first kappa shape index (κ1) is 49.4. The van der Waals surface area contributed by atoms with Gasteiger partial charge in [-0.15, -0.1) is 0 Å². The van der Waals surface area contributed by atoms with Gasteiger partial charge in [0.15, 0.2) is 0 Å². The third-order valence-electron chi connectivity index (χ3n) is 15.3. The van der Waals surface area contributed by atoms with E-state index >= 15 is 14.0 Å². The third kappa shape index (κ3) is 9.29. The van der Waals surface area contributed by atoms with Gasteiger partial charge in [0.2, 0.25) is 5.91 Å². The summed E-state index contributed by atoms with van der Waals surface area (Å²) in [6.07, 6.45) is 2.77. The Bertz CT molecular complexity index is 3380. The van der Waals surface area contributed by atoms with Crippen molar-refractivity contribution in [2.45, 2.75) is 90.0 Å². The van der Waals surface area contributed by atoms with Gasteiger partial charge in [-0.1, -0.05) is 138 Å². The van der Waals surface area contributed by atoms with E-state index in [4.69, 9.17) is 23.2 Å². The molecule has 3 unspecified atom stereocenters. The molecule has 2 heterocycles. The number of amides is 2. The molecule has 0 saturated heterocycles. The van der Waals surface area contributed by atoms with E-state index in [1.807, 2.05) is 122 Å². The maximum absolute atomic E-state index is 17.1. The highest BCUT2D eigenvalue weighted by molar-refractivity contribution is 6.36. The number of rotatable bonds is 16. The molecule has 372 valence electrons. The molecule has 2 aromatic heterocycles. The van der Waals surface area contributed by atoms with Crippen molar-refractivity contribution in [3.05, 3.63) is 212 Å². The van der Waals surface area contributed by atoms with Crippen LogP contribution in [0.5, 0.6) is 0 Å². The van der Waals surface area contributed by atoms with E-state index in [0.29, 0.717) is 68.1 Å². The van der Waals surface area contributed by atoms with Crippen molar-refractivity contribution in [3.8, 4) is 0 Å². The van der Waals surface area contributed by atoms with Crippen molar-refractivity contribution in [1.82, 2.24) is 18.9 Å². The van der Waals surface area contributed by atoms with E-state index in [9.17, 15) is 19.8 Å². The Morgan fingerprint density at radius 3 is 2.00 bits per heavy atom. The number of aliphatic carboxylic acids is 2. The molecule has 0 aliphatic heterocycles. The Kier molecular flexibility index (Phi) is 14.0. The van der Waals surface area contributed by atoms with Gasteiger partial charge in [0.05, 0.1) is 22.5 Å². The summed E-state index contributed by atoms with van der Waals surface area (Å²) >= 11 is 13.5. The highest BCUT2D eigenvalue weighted by Gasteiger charge is 2.55. The first-order valence-electron chi connectivity index (χ1n) is 24.9. The third-order valence-corrected chi connectivity index (χ3v) is 16.0.